The number of aromatic nitrogens is 5. The molecule has 1 aliphatic rings. The van der Waals surface area contributed by atoms with Crippen molar-refractivity contribution in [2.75, 3.05) is 32.8 Å². The normalized spacial score (nSPS) is 18.3. The van der Waals surface area contributed by atoms with E-state index in [1.165, 1.54) is 6.33 Å². The van der Waals surface area contributed by atoms with Crippen molar-refractivity contribution in [3.63, 3.8) is 0 Å². The molecule has 9 heteroatoms. The van der Waals surface area contributed by atoms with E-state index in [9.17, 15) is 0 Å². The van der Waals surface area contributed by atoms with Crippen molar-refractivity contribution >= 4 is 22.4 Å². The first-order valence-corrected chi connectivity index (χ1v) is 10.3. The summed E-state index contributed by atoms with van der Waals surface area (Å²) in [6.07, 6.45) is 7.47. The number of ether oxygens (including phenoxy) is 3. The van der Waals surface area contributed by atoms with Gasteiger partial charge in [-0.3, -0.25) is 0 Å². The van der Waals surface area contributed by atoms with E-state index >= 15 is 0 Å². The van der Waals surface area contributed by atoms with Crippen LogP contribution in [0.15, 0.2) is 43.0 Å². The van der Waals surface area contributed by atoms with Gasteiger partial charge in [0, 0.05) is 24.9 Å². The minimum atomic E-state index is 0.281. The molecule has 9 nitrogen and oxygen atoms in total. The molecule has 1 saturated carbocycles. The summed E-state index contributed by atoms with van der Waals surface area (Å²) in [4.78, 5) is 13.0. The average Bonchev–Trinajstić information content (AvgIpc) is 3.20. The van der Waals surface area contributed by atoms with Gasteiger partial charge < -0.3 is 19.5 Å². The van der Waals surface area contributed by atoms with Crippen LogP contribution in [0.3, 0.4) is 0 Å². The third kappa shape index (κ3) is 3.89. The predicted octanol–water partition coefficient (Wildman–Crippen LogP) is 2.95. The Morgan fingerprint density at radius 1 is 1.10 bits per heavy atom. The Hall–Kier alpha value is -3.30. The van der Waals surface area contributed by atoms with Crippen molar-refractivity contribution < 1.29 is 14.2 Å². The molecule has 0 amide bonds. The van der Waals surface area contributed by atoms with Crippen LogP contribution in [0.5, 0.6) is 5.88 Å². The summed E-state index contributed by atoms with van der Waals surface area (Å²) in [6, 6.07) is 8.40. The van der Waals surface area contributed by atoms with Crippen molar-refractivity contribution in [3.05, 3.63) is 43.0 Å². The molecule has 3 aromatic heterocycles. The molecule has 4 aromatic rings. The zero-order chi connectivity index (χ0) is 21.2. The van der Waals surface area contributed by atoms with Gasteiger partial charge in [-0.1, -0.05) is 6.07 Å². The lowest BCUT2D eigenvalue weighted by molar-refractivity contribution is -0.0261. The van der Waals surface area contributed by atoms with Gasteiger partial charge in [-0.2, -0.15) is 0 Å². The van der Waals surface area contributed by atoms with E-state index in [2.05, 4.69) is 25.4 Å². The van der Waals surface area contributed by atoms with Crippen LogP contribution in [-0.4, -0.2) is 64.1 Å². The maximum absolute atomic E-state index is 5.73. The number of nitrogens with one attached hydrogen (secondary N) is 1. The lowest BCUT2D eigenvalue weighted by Gasteiger charge is -2.35. The number of hydrogen-bond donors (Lipinski definition) is 1. The van der Waals surface area contributed by atoms with Gasteiger partial charge >= 0.3 is 0 Å². The van der Waals surface area contributed by atoms with Crippen LogP contribution in [0.2, 0.25) is 0 Å². The van der Waals surface area contributed by atoms with Gasteiger partial charge in [0.15, 0.2) is 0 Å². The Morgan fingerprint density at radius 2 is 2.00 bits per heavy atom. The van der Waals surface area contributed by atoms with Crippen molar-refractivity contribution in [1.82, 2.24) is 24.6 Å². The fraction of sp³-hybridized carbons (Fsp3) is 0.364. The molecule has 0 spiro atoms. The van der Waals surface area contributed by atoms with E-state index in [0.717, 1.165) is 40.4 Å². The van der Waals surface area contributed by atoms with E-state index in [1.807, 2.05) is 41.2 Å². The molecular formula is C22H24N6O3. The van der Waals surface area contributed by atoms with E-state index in [0.29, 0.717) is 31.1 Å². The minimum Gasteiger partial charge on any atom is -0.480 e. The van der Waals surface area contributed by atoms with E-state index in [-0.39, 0.29) is 6.10 Å². The average molecular weight is 420 g/mol. The summed E-state index contributed by atoms with van der Waals surface area (Å²) in [7, 11) is 3.29. The first kappa shape index (κ1) is 19.7. The maximum Gasteiger partial charge on any atom is 0.241 e. The summed E-state index contributed by atoms with van der Waals surface area (Å²) in [5.74, 6) is 1.17. The molecule has 31 heavy (non-hydrogen) atoms. The van der Waals surface area contributed by atoms with Crippen LogP contribution < -0.4 is 10.1 Å². The van der Waals surface area contributed by atoms with E-state index < -0.39 is 0 Å². The molecular weight excluding hydrogens is 396 g/mol. The van der Waals surface area contributed by atoms with Gasteiger partial charge in [-0.15, -0.1) is 5.10 Å². The molecule has 1 fully saturated rings. The van der Waals surface area contributed by atoms with E-state index in [1.54, 1.807) is 14.2 Å². The van der Waals surface area contributed by atoms with Gasteiger partial charge in [0.2, 0.25) is 11.8 Å². The number of nitrogens with zero attached hydrogens (tertiary/aromatic N) is 5. The number of anilines is 1. The second kappa shape index (κ2) is 8.44. The fourth-order valence-corrected chi connectivity index (χ4v) is 3.87. The molecule has 1 N–H and O–H groups in total. The zero-order valence-corrected chi connectivity index (χ0v) is 17.5. The number of benzene rings is 1. The maximum atomic E-state index is 5.73. The highest BCUT2D eigenvalue weighted by Crippen LogP contribution is 2.31. The van der Waals surface area contributed by atoms with Crippen LogP contribution in [0.25, 0.3) is 27.5 Å². The largest absolute Gasteiger partial charge is 0.480 e. The lowest BCUT2D eigenvalue weighted by Crippen LogP contribution is -2.41. The van der Waals surface area contributed by atoms with Crippen LogP contribution in [-0.2, 0) is 9.47 Å². The SMILES string of the molecule is COCCO[C@H]1C[C@H](Nc2ncc3c(-c4ccc5ncnc(OC)c5c4)ccn3n2)C1. The second-order valence-corrected chi connectivity index (χ2v) is 7.55. The highest BCUT2D eigenvalue weighted by atomic mass is 16.5. The third-order valence-electron chi connectivity index (χ3n) is 5.59. The molecule has 3 heterocycles. The predicted molar refractivity (Wildman–Crippen MR) is 116 cm³/mol. The lowest BCUT2D eigenvalue weighted by atomic mass is 9.89. The number of rotatable bonds is 8. The van der Waals surface area contributed by atoms with E-state index in [4.69, 9.17) is 14.2 Å². The molecule has 0 bridgehead atoms. The molecule has 160 valence electrons. The summed E-state index contributed by atoms with van der Waals surface area (Å²) in [5.41, 5.74) is 3.83. The summed E-state index contributed by atoms with van der Waals surface area (Å²) in [5, 5.41) is 8.88. The number of fused-ring (bicyclic) bond motifs is 2. The Morgan fingerprint density at radius 3 is 2.84 bits per heavy atom. The second-order valence-electron chi connectivity index (χ2n) is 7.55. The standard InChI is InChI=1S/C22H24N6O3/c1-29-7-8-31-16-10-15(11-16)26-22-23-12-20-17(5-6-28(20)27-22)14-3-4-19-18(9-14)21(30-2)25-13-24-19/h3-6,9,12-13,15-16H,7-8,10-11H2,1-2H3,(H,26,27)/t15-,16-. The van der Waals surface area contributed by atoms with Crippen molar-refractivity contribution in [3.8, 4) is 17.0 Å². The quantitative estimate of drug-likeness (QED) is 0.435. The molecule has 0 atom stereocenters. The van der Waals surface area contributed by atoms with Gasteiger partial charge in [0.25, 0.3) is 0 Å². The Kier molecular flexibility index (Phi) is 5.35. The Labute approximate surface area is 179 Å². The molecule has 0 unspecified atom stereocenters. The monoisotopic (exact) mass is 420 g/mol. The molecule has 0 radical (unpaired) electrons. The van der Waals surface area contributed by atoms with Gasteiger partial charge in [-0.25, -0.2) is 19.5 Å². The smallest absolute Gasteiger partial charge is 0.241 e. The first-order valence-electron chi connectivity index (χ1n) is 10.3. The van der Waals surface area contributed by atoms with Crippen molar-refractivity contribution in [1.29, 1.82) is 0 Å². The zero-order valence-electron chi connectivity index (χ0n) is 17.5. The third-order valence-corrected chi connectivity index (χ3v) is 5.59. The Bertz CT molecular complexity index is 1200. The van der Waals surface area contributed by atoms with Crippen LogP contribution in [0.1, 0.15) is 12.8 Å². The summed E-state index contributed by atoms with van der Waals surface area (Å²) < 4.78 is 18.0. The molecule has 1 aliphatic carbocycles. The van der Waals surface area contributed by atoms with Gasteiger partial charge in [0.1, 0.15) is 6.33 Å². The topological polar surface area (TPSA) is 95.7 Å². The highest BCUT2D eigenvalue weighted by Gasteiger charge is 2.30. The van der Waals surface area contributed by atoms with Crippen molar-refractivity contribution in [2.45, 2.75) is 25.0 Å². The summed E-state index contributed by atoms with van der Waals surface area (Å²) >= 11 is 0. The molecule has 5 rings (SSSR count). The van der Waals surface area contributed by atoms with Gasteiger partial charge in [0.05, 0.1) is 49.0 Å². The van der Waals surface area contributed by atoms with Crippen LogP contribution >= 0.6 is 0 Å². The van der Waals surface area contributed by atoms with Gasteiger partial charge in [-0.05, 0) is 36.6 Å². The first-order chi connectivity index (χ1) is 15.2. The molecule has 0 aliphatic heterocycles. The number of methoxy groups -OCH3 is 2. The number of hydrogen-bond acceptors (Lipinski definition) is 8. The highest BCUT2D eigenvalue weighted by molar-refractivity contribution is 5.91. The summed E-state index contributed by atoms with van der Waals surface area (Å²) in [6.45, 7) is 1.26. The van der Waals surface area contributed by atoms with Crippen molar-refractivity contribution in [2.24, 2.45) is 0 Å². The van der Waals surface area contributed by atoms with Crippen LogP contribution in [0, 0.1) is 0 Å². The fourth-order valence-electron chi connectivity index (χ4n) is 3.87. The Balaban J connectivity index is 1.33. The minimum absolute atomic E-state index is 0.281. The molecule has 1 aromatic carbocycles. The van der Waals surface area contributed by atoms with Crippen LogP contribution in [0.4, 0.5) is 5.95 Å². The molecule has 0 saturated heterocycles.